The minimum absolute atomic E-state index is 0.112. The summed E-state index contributed by atoms with van der Waals surface area (Å²) in [5, 5.41) is 3.53. The van der Waals surface area contributed by atoms with Crippen LogP contribution in [0.4, 0.5) is 5.69 Å². The van der Waals surface area contributed by atoms with Crippen molar-refractivity contribution in [2.24, 2.45) is 0 Å². The highest BCUT2D eigenvalue weighted by Gasteiger charge is 2.26. The first-order valence-corrected chi connectivity index (χ1v) is 8.39. The Morgan fingerprint density at radius 2 is 2.17 bits per heavy atom. The molecule has 1 amide bonds. The number of nitrogens with one attached hydrogen (secondary N) is 1. The average molecular weight is 331 g/mol. The molecule has 0 saturated carbocycles. The Morgan fingerprint density at radius 1 is 1.39 bits per heavy atom. The molecule has 23 heavy (non-hydrogen) atoms. The molecule has 7 heteroatoms. The summed E-state index contributed by atoms with van der Waals surface area (Å²) in [4.78, 5) is 28.3. The molecule has 1 N–H and O–H groups in total. The lowest BCUT2D eigenvalue weighted by Gasteiger charge is -2.13. The third kappa shape index (κ3) is 3.56. The lowest BCUT2D eigenvalue weighted by molar-refractivity contribution is -0.116. The van der Waals surface area contributed by atoms with E-state index in [0.29, 0.717) is 23.2 Å². The molecule has 0 fully saturated rings. The largest absolute Gasteiger partial charge is 0.494 e. The fourth-order valence-corrected chi connectivity index (χ4v) is 3.59. The van der Waals surface area contributed by atoms with Crippen LogP contribution in [0.2, 0.25) is 0 Å². The average Bonchev–Trinajstić information content (AvgIpc) is 2.94. The van der Waals surface area contributed by atoms with Crippen LogP contribution in [0.25, 0.3) is 0 Å². The summed E-state index contributed by atoms with van der Waals surface area (Å²) in [6.07, 6.45) is 1.75. The zero-order valence-electron chi connectivity index (χ0n) is 12.7. The number of benzene rings is 1. The summed E-state index contributed by atoms with van der Waals surface area (Å²) in [6.45, 7) is 2.52. The van der Waals surface area contributed by atoms with Gasteiger partial charge in [0, 0.05) is 30.1 Å². The normalized spacial score (nSPS) is 16.0. The Morgan fingerprint density at radius 3 is 2.91 bits per heavy atom. The van der Waals surface area contributed by atoms with E-state index in [1.54, 1.807) is 16.7 Å². The van der Waals surface area contributed by atoms with Gasteiger partial charge in [-0.3, -0.25) is 14.2 Å². The molecule has 0 radical (unpaired) electrons. The van der Waals surface area contributed by atoms with Gasteiger partial charge in [-0.05, 0) is 31.2 Å². The highest BCUT2D eigenvalue weighted by atomic mass is 32.2. The van der Waals surface area contributed by atoms with Crippen molar-refractivity contribution in [3.63, 3.8) is 0 Å². The van der Waals surface area contributed by atoms with Gasteiger partial charge in [-0.1, -0.05) is 11.8 Å². The van der Waals surface area contributed by atoms with Gasteiger partial charge < -0.3 is 10.1 Å². The van der Waals surface area contributed by atoms with Crippen LogP contribution in [0.15, 0.2) is 46.5 Å². The Balaban J connectivity index is 1.64. The Labute approximate surface area is 137 Å². The molecule has 2 heterocycles. The number of thioether (sulfide) groups is 1. The molecule has 1 aromatic heterocycles. The molecular formula is C16H17N3O3S. The second-order valence-electron chi connectivity index (χ2n) is 5.11. The summed E-state index contributed by atoms with van der Waals surface area (Å²) in [6, 6.07) is 8.50. The van der Waals surface area contributed by atoms with Gasteiger partial charge in [-0.25, -0.2) is 4.98 Å². The van der Waals surface area contributed by atoms with Gasteiger partial charge in [0.05, 0.1) is 12.6 Å². The smallest absolute Gasteiger partial charge is 0.254 e. The van der Waals surface area contributed by atoms with Gasteiger partial charge in [0.15, 0.2) is 5.16 Å². The number of amides is 1. The molecule has 2 aromatic rings. The van der Waals surface area contributed by atoms with Gasteiger partial charge in [-0.15, -0.1) is 0 Å². The van der Waals surface area contributed by atoms with Gasteiger partial charge in [-0.2, -0.15) is 0 Å². The van der Waals surface area contributed by atoms with Crippen LogP contribution in [0.3, 0.4) is 0 Å². The highest BCUT2D eigenvalue weighted by molar-refractivity contribution is 7.99. The topological polar surface area (TPSA) is 73.2 Å². The van der Waals surface area contributed by atoms with Crippen molar-refractivity contribution in [1.82, 2.24) is 9.55 Å². The number of hydrogen-bond acceptors (Lipinski definition) is 5. The number of fused-ring (bicyclic) bond motifs is 1. The maximum Gasteiger partial charge on any atom is 0.254 e. The lowest BCUT2D eigenvalue weighted by atomic mass is 10.2. The van der Waals surface area contributed by atoms with Crippen LogP contribution in [0, 0.1) is 0 Å². The van der Waals surface area contributed by atoms with Crippen LogP contribution < -0.4 is 15.6 Å². The van der Waals surface area contributed by atoms with Crippen LogP contribution in [-0.4, -0.2) is 27.8 Å². The van der Waals surface area contributed by atoms with E-state index in [-0.39, 0.29) is 23.9 Å². The minimum atomic E-state index is -0.154. The first-order chi connectivity index (χ1) is 11.2. The molecule has 1 aliphatic rings. The highest BCUT2D eigenvalue weighted by Crippen LogP contribution is 2.31. The van der Waals surface area contributed by atoms with E-state index in [4.69, 9.17) is 4.74 Å². The van der Waals surface area contributed by atoms with Crippen molar-refractivity contribution in [1.29, 1.82) is 0 Å². The van der Waals surface area contributed by atoms with Crippen LogP contribution in [0.5, 0.6) is 5.75 Å². The molecular weight excluding hydrogens is 314 g/mol. The first kappa shape index (κ1) is 15.6. The van der Waals surface area contributed by atoms with Crippen molar-refractivity contribution in [3.05, 3.63) is 46.9 Å². The van der Waals surface area contributed by atoms with Crippen molar-refractivity contribution in [2.75, 3.05) is 17.7 Å². The van der Waals surface area contributed by atoms with E-state index in [1.165, 1.54) is 24.0 Å². The van der Waals surface area contributed by atoms with Crippen molar-refractivity contribution in [2.45, 2.75) is 24.5 Å². The molecule has 0 spiro atoms. The molecule has 3 rings (SSSR count). The second-order valence-corrected chi connectivity index (χ2v) is 6.10. The van der Waals surface area contributed by atoms with Crippen LogP contribution >= 0.6 is 11.8 Å². The SMILES string of the molecule is CCOc1ccc(NC(=O)CC2CSc3nccc(=O)n32)cc1. The number of aromatic nitrogens is 2. The minimum Gasteiger partial charge on any atom is -0.494 e. The van der Waals surface area contributed by atoms with Gasteiger partial charge in [0.2, 0.25) is 5.91 Å². The zero-order valence-corrected chi connectivity index (χ0v) is 13.5. The van der Waals surface area contributed by atoms with Gasteiger partial charge >= 0.3 is 0 Å². The lowest BCUT2D eigenvalue weighted by Crippen LogP contribution is -2.26. The number of carbonyl (C=O) groups excluding carboxylic acids is 1. The molecule has 0 bridgehead atoms. The Bertz CT molecular complexity index is 758. The number of rotatable bonds is 5. The van der Waals surface area contributed by atoms with E-state index >= 15 is 0 Å². The summed E-state index contributed by atoms with van der Waals surface area (Å²) in [5.74, 6) is 1.33. The maximum absolute atomic E-state index is 12.2. The van der Waals surface area contributed by atoms with E-state index in [9.17, 15) is 9.59 Å². The second kappa shape index (κ2) is 6.87. The Kier molecular flexibility index (Phi) is 4.66. The number of anilines is 1. The van der Waals surface area contributed by atoms with Crippen LogP contribution in [0.1, 0.15) is 19.4 Å². The van der Waals surface area contributed by atoms with Crippen molar-refractivity contribution < 1.29 is 9.53 Å². The van der Waals surface area contributed by atoms with Crippen LogP contribution in [-0.2, 0) is 4.79 Å². The molecule has 120 valence electrons. The fourth-order valence-electron chi connectivity index (χ4n) is 2.47. The maximum atomic E-state index is 12.2. The van der Waals surface area contributed by atoms with E-state index in [2.05, 4.69) is 10.3 Å². The van der Waals surface area contributed by atoms with E-state index < -0.39 is 0 Å². The standard InChI is InChI=1S/C16H17N3O3S/c1-2-22-13-5-3-11(4-6-13)18-14(20)9-12-10-23-16-17-8-7-15(21)19(12)16/h3-8,12H,2,9-10H2,1H3,(H,18,20). The number of carbonyl (C=O) groups is 1. The van der Waals surface area contributed by atoms with Crippen molar-refractivity contribution in [3.8, 4) is 5.75 Å². The molecule has 1 aliphatic heterocycles. The molecule has 6 nitrogen and oxygen atoms in total. The summed E-state index contributed by atoms with van der Waals surface area (Å²) >= 11 is 1.50. The predicted molar refractivity (Wildman–Crippen MR) is 89.1 cm³/mol. The number of nitrogens with zero attached hydrogens (tertiary/aromatic N) is 2. The van der Waals surface area contributed by atoms with Crippen molar-refractivity contribution >= 4 is 23.4 Å². The third-order valence-electron chi connectivity index (χ3n) is 3.49. The molecule has 0 aliphatic carbocycles. The predicted octanol–water partition coefficient (Wildman–Crippen LogP) is 2.32. The quantitative estimate of drug-likeness (QED) is 0.851. The molecule has 1 atom stereocenters. The summed E-state index contributed by atoms with van der Waals surface area (Å²) in [7, 11) is 0. The Hall–Kier alpha value is -2.28. The number of ether oxygens (including phenoxy) is 1. The number of hydrogen-bond donors (Lipinski definition) is 1. The molecule has 0 saturated heterocycles. The van der Waals surface area contributed by atoms with Gasteiger partial charge in [0.25, 0.3) is 5.56 Å². The molecule has 1 unspecified atom stereocenters. The van der Waals surface area contributed by atoms with E-state index in [1.807, 2.05) is 19.1 Å². The fraction of sp³-hybridized carbons (Fsp3) is 0.312. The molecule has 1 aromatic carbocycles. The van der Waals surface area contributed by atoms with Gasteiger partial charge in [0.1, 0.15) is 5.75 Å². The summed E-state index contributed by atoms with van der Waals surface area (Å²) in [5.41, 5.74) is 0.599. The first-order valence-electron chi connectivity index (χ1n) is 7.40. The monoisotopic (exact) mass is 331 g/mol. The third-order valence-corrected chi connectivity index (χ3v) is 4.60. The van der Waals surface area contributed by atoms with E-state index in [0.717, 1.165) is 5.75 Å². The summed E-state index contributed by atoms with van der Waals surface area (Å²) < 4.78 is 6.96. The zero-order chi connectivity index (χ0) is 16.2.